The van der Waals surface area contributed by atoms with Gasteiger partial charge in [0, 0.05) is 25.2 Å². The Labute approximate surface area is 172 Å². The number of ether oxygens (including phenoxy) is 1. The molecule has 6 heteroatoms. The molecule has 0 amide bonds. The monoisotopic (exact) mass is 402 g/mol. The molecule has 2 aliphatic rings. The van der Waals surface area contributed by atoms with Gasteiger partial charge in [-0.05, 0) is 50.6 Å². The maximum absolute atomic E-state index is 11.3. The van der Waals surface area contributed by atoms with Crippen LogP contribution in [0.3, 0.4) is 0 Å². The van der Waals surface area contributed by atoms with Gasteiger partial charge in [0.1, 0.15) is 5.75 Å². The van der Waals surface area contributed by atoms with Crippen LogP contribution >= 0.6 is 12.4 Å². The van der Waals surface area contributed by atoms with E-state index in [9.17, 15) is 9.90 Å². The fourth-order valence-electron chi connectivity index (χ4n) is 4.09. The van der Waals surface area contributed by atoms with Crippen molar-refractivity contribution < 1.29 is 14.6 Å². The maximum Gasteiger partial charge on any atom is 0.307 e. The number of carboxylic acid groups (broad SMARTS) is 1. The number of hydrogen-bond donors (Lipinski definition) is 1. The van der Waals surface area contributed by atoms with Crippen molar-refractivity contribution in [3.05, 3.63) is 54.1 Å². The molecule has 1 fully saturated rings. The molecule has 4 rings (SSSR count). The lowest BCUT2D eigenvalue weighted by Gasteiger charge is -2.31. The quantitative estimate of drug-likeness (QED) is 0.802. The summed E-state index contributed by atoms with van der Waals surface area (Å²) in [6.07, 6.45) is 2.78. The van der Waals surface area contributed by atoms with Crippen LogP contribution in [0.1, 0.15) is 24.8 Å². The summed E-state index contributed by atoms with van der Waals surface area (Å²) >= 11 is 0. The fraction of sp³-hybridized carbons (Fsp3) is 0.409. The number of piperidine rings is 1. The summed E-state index contributed by atoms with van der Waals surface area (Å²) < 4.78 is 6.15. The van der Waals surface area contributed by atoms with Crippen molar-refractivity contribution in [3.8, 4) is 11.5 Å². The Morgan fingerprint density at radius 3 is 2.64 bits per heavy atom. The van der Waals surface area contributed by atoms with Crippen LogP contribution in [-0.2, 0) is 11.3 Å². The number of halogens is 1. The molecule has 2 aliphatic heterocycles. The first kappa shape index (κ1) is 20.5. The van der Waals surface area contributed by atoms with E-state index < -0.39 is 5.97 Å². The van der Waals surface area contributed by atoms with Crippen molar-refractivity contribution in [3.63, 3.8) is 0 Å². The van der Waals surface area contributed by atoms with Crippen LogP contribution in [0.2, 0.25) is 0 Å². The average molecular weight is 403 g/mol. The zero-order chi connectivity index (χ0) is 18.6. The minimum atomic E-state index is -0.657. The second kappa shape index (κ2) is 9.30. The lowest BCUT2D eigenvalue weighted by Crippen LogP contribution is -2.40. The van der Waals surface area contributed by atoms with Gasteiger partial charge in [-0.25, -0.2) is 0 Å². The highest BCUT2D eigenvalue weighted by Gasteiger charge is 2.25. The number of aliphatic carboxylic acids is 1. The predicted molar refractivity (Wildman–Crippen MR) is 113 cm³/mol. The number of nitrogens with zero attached hydrogens (tertiary/aromatic N) is 2. The number of likely N-dealkylation sites (tertiary alicyclic amines) is 1. The third kappa shape index (κ3) is 4.59. The van der Waals surface area contributed by atoms with Crippen molar-refractivity contribution in [2.45, 2.75) is 25.8 Å². The molecular formula is C22H27ClN2O3. The molecule has 1 N–H and O–H groups in total. The normalized spacial score (nSPS) is 18.9. The summed E-state index contributed by atoms with van der Waals surface area (Å²) in [5.74, 6) is 0.951. The molecule has 0 aromatic heterocycles. The molecule has 5 nitrogen and oxygen atoms in total. The summed E-state index contributed by atoms with van der Waals surface area (Å²) in [6, 6.07) is 16.4. The van der Waals surface area contributed by atoms with Crippen LogP contribution in [-0.4, -0.2) is 42.2 Å². The van der Waals surface area contributed by atoms with Crippen LogP contribution < -0.4 is 9.64 Å². The Morgan fingerprint density at radius 2 is 1.82 bits per heavy atom. The predicted octanol–water partition coefficient (Wildman–Crippen LogP) is 4.41. The zero-order valence-corrected chi connectivity index (χ0v) is 16.7. The Balaban J connectivity index is 0.00000225. The van der Waals surface area contributed by atoms with Crippen LogP contribution in [0.5, 0.6) is 11.5 Å². The van der Waals surface area contributed by atoms with E-state index in [-0.39, 0.29) is 18.3 Å². The summed E-state index contributed by atoms with van der Waals surface area (Å²) in [4.78, 5) is 15.9. The van der Waals surface area contributed by atoms with Crippen LogP contribution in [0, 0.1) is 5.92 Å². The van der Waals surface area contributed by atoms with Gasteiger partial charge < -0.3 is 19.6 Å². The first-order valence-corrected chi connectivity index (χ1v) is 9.75. The Morgan fingerprint density at radius 1 is 1.07 bits per heavy atom. The SMILES string of the molecule is Cl.O=C(O)[C@@H]1CCCN(CCCN2Cc3ccccc3Oc3ccccc32)C1. The minimum Gasteiger partial charge on any atom is -0.481 e. The highest BCUT2D eigenvalue weighted by Crippen LogP contribution is 2.38. The molecule has 0 saturated carbocycles. The molecule has 0 spiro atoms. The number of hydrogen-bond acceptors (Lipinski definition) is 4. The molecular weight excluding hydrogens is 376 g/mol. The molecule has 0 aliphatic carbocycles. The highest BCUT2D eigenvalue weighted by atomic mass is 35.5. The molecule has 2 heterocycles. The van der Waals surface area contributed by atoms with Crippen LogP contribution in [0.25, 0.3) is 0 Å². The van der Waals surface area contributed by atoms with Crippen molar-refractivity contribution in [2.75, 3.05) is 31.1 Å². The van der Waals surface area contributed by atoms with Crippen LogP contribution in [0.4, 0.5) is 5.69 Å². The van der Waals surface area contributed by atoms with Crippen LogP contribution in [0.15, 0.2) is 48.5 Å². The number of carboxylic acids is 1. The number of anilines is 1. The standard InChI is InChI=1S/C22H26N2O3.ClH/c25-22(26)18-8-5-12-23(15-18)13-6-14-24-16-17-7-1-3-10-20(17)27-21-11-4-2-9-19(21)24;/h1-4,7,9-11,18H,5-6,8,12-16H2,(H,25,26);1H/t18-;/m1./s1. The molecule has 0 bridgehead atoms. The minimum absolute atomic E-state index is 0. The maximum atomic E-state index is 11.3. The molecule has 150 valence electrons. The zero-order valence-electron chi connectivity index (χ0n) is 15.9. The first-order chi connectivity index (χ1) is 13.2. The van der Waals surface area contributed by atoms with E-state index in [0.717, 1.165) is 62.6 Å². The topological polar surface area (TPSA) is 53.0 Å². The number of para-hydroxylation sites is 3. The van der Waals surface area contributed by atoms with E-state index in [1.807, 2.05) is 30.3 Å². The summed E-state index contributed by atoms with van der Waals surface area (Å²) in [5, 5.41) is 9.27. The summed E-state index contributed by atoms with van der Waals surface area (Å²) in [5.41, 5.74) is 2.31. The van der Waals surface area contributed by atoms with Gasteiger partial charge in [-0.2, -0.15) is 0 Å². The van der Waals surface area contributed by atoms with Gasteiger partial charge in [0.2, 0.25) is 0 Å². The Kier molecular flexibility index (Phi) is 6.81. The van der Waals surface area contributed by atoms with Gasteiger partial charge in [-0.3, -0.25) is 4.79 Å². The molecule has 0 unspecified atom stereocenters. The van der Waals surface area contributed by atoms with Gasteiger partial charge in [-0.1, -0.05) is 30.3 Å². The third-order valence-corrected chi connectivity index (χ3v) is 5.52. The van der Waals surface area contributed by atoms with Crippen molar-refractivity contribution in [2.24, 2.45) is 5.92 Å². The van der Waals surface area contributed by atoms with E-state index in [0.29, 0.717) is 6.54 Å². The highest BCUT2D eigenvalue weighted by molar-refractivity contribution is 5.85. The molecule has 2 aromatic rings. The van der Waals surface area contributed by atoms with E-state index >= 15 is 0 Å². The van der Waals surface area contributed by atoms with Crippen molar-refractivity contribution >= 4 is 24.1 Å². The Bertz CT molecular complexity index is 814. The first-order valence-electron chi connectivity index (χ1n) is 9.75. The molecule has 1 atom stereocenters. The molecule has 1 saturated heterocycles. The molecule has 2 aromatic carbocycles. The molecule has 28 heavy (non-hydrogen) atoms. The smallest absolute Gasteiger partial charge is 0.307 e. The van der Waals surface area contributed by atoms with Gasteiger partial charge in [-0.15, -0.1) is 12.4 Å². The Hall–Kier alpha value is -2.24. The van der Waals surface area contributed by atoms with E-state index in [2.05, 4.69) is 28.0 Å². The lowest BCUT2D eigenvalue weighted by atomic mass is 9.98. The van der Waals surface area contributed by atoms with Gasteiger partial charge >= 0.3 is 5.97 Å². The second-order valence-electron chi connectivity index (χ2n) is 7.43. The van der Waals surface area contributed by atoms with E-state index in [4.69, 9.17) is 4.74 Å². The summed E-state index contributed by atoms with van der Waals surface area (Å²) in [6.45, 7) is 4.36. The van der Waals surface area contributed by atoms with Crippen molar-refractivity contribution in [1.29, 1.82) is 0 Å². The van der Waals surface area contributed by atoms with Gasteiger partial charge in [0.05, 0.1) is 11.6 Å². The third-order valence-electron chi connectivity index (χ3n) is 5.52. The lowest BCUT2D eigenvalue weighted by molar-refractivity contribution is -0.143. The number of carbonyl (C=O) groups is 1. The summed E-state index contributed by atoms with van der Waals surface area (Å²) in [7, 11) is 0. The largest absolute Gasteiger partial charge is 0.481 e. The van der Waals surface area contributed by atoms with E-state index in [1.54, 1.807) is 0 Å². The second-order valence-corrected chi connectivity index (χ2v) is 7.43. The van der Waals surface area contributed by atoms with Gasteiger partial charge in [0.15, 0.2) is 5.75 Å². The van der Waals surface area contributed by atoms with Gasteiger partial charge in [0.25, 0.3) is 0 Å². The average Bonchev–Trinajstić information content (AvgIpc) is 2.85. The molecule has 0 radical (unpaired) electrons. The number of benzene rings is 2. The van der Waals surface area contributed by atoms with E-state index in [1.165, 1.54) is 5.56 Å². The number of fused-ring (bicyclic) bond motifs is 2. The van der Waals surface area contributed by atoms with Crippen molar-refractivity contribution in [1.82, 2.24) is 4.90 Å². The number of rotatable bonds is 5. The fourth-order valence-corrected chi connectivity index (χ4v) is 4.09.